The van der Waals surface area contributed by atoms with Gasteiger partial charge in [0.25, 0.3) is 5.91 Å². The maximum Gasteiger partial charge on any atom is 0.326 e. The molecule has 0 radical (unpaired) electrons. The number of carbonyl (C=O) groups is 3. The van der Waals surface area contributed by atoms with Crippen LogP contribution in [-0.2, 0) is 16.0 Å². The molecule has 0 spiro atoms. The van der Waals surface area contributed by atoms with Gasteiger partial charge in [0.15, 0.2) is 0 Å². The van der Waals surface area contributed by atoms with E-state index in [9.17, 15) is 19.5 Å². The van der Waals surface area contributed by atoms with E-state index in [1.165, 1.54) is 11.8 Å². The van der Waals surface area contributed by atoms with Crippen LogP contribution >= 0.6 is 11.8 Å². The molecule has 0 saturated carbocycles. The molecule has 0 fully saturated rings. The van der Waals surface area contributed by atoms with Gasteiger partial charge in [0, 0.05) is 11.3 Å². The van der Waals surface area contributed by atoms with Crippen molar-refractivity contribution in [1.29, 1.82) is 0 Å². The predicted octanol–water partition coefficient (Wildman–Crippen LogP) is 4.79. The Morgan fingerprint density at radius 3 is 2.36 bits per heavy atom. The Morgan fingerprint density at radius 2 is 1.72 bits per heavy atom. The van der Waals surface area contributed by atoms with Crippen molar-refractivity contribution in [3.05, 3.63) is 83.4 Å². The highest BCUT2D eigenvalue weighted by Crippen LogP contribution is 2.30. The highest BCUT2D eigenvalue weighted by atomic mass is 32.2. The molecule has 0 bridgehead atoms. The quantitative estimate of drug-likeness (QED) is 0.346. The zero-order valence-electron chi connectivity index (χ0n) is 20.5. The number of ether oxygens (including phenoxy) is 1. The fourth-order valence-electron chi connectivity index (χ4n) is 3.78. The normalized spacial score (nSPS) is 11.4. The average molecular weight is 507 g/mol. The van der Waals surface area contributed by atoms with Crippen LogP contribution < -0.4 is 15.4 Å². The summed E-state index contributed by atoms with van der Waals surface area (Å²) in [7, 11) is 1.59. The summed E-state index contributed by atoms with van der Waals surface area (Å²) in [4.78, 5) is 37.5. The highest BCUT2D eigenvalue weighted by Gasteiger charge is 2.23. The summed E-state index contributed by atoms with van der Waals surface area (Å²) in [6.45, 7) is 1.93. The van der Waals surface area contributed by atoms with Gasteiger partial charge < -0.3 is 20.5 Å². The van der Waals surface area contributed by atoms with Gasteiger partial charge in [0.1, 0.15) is 11.8 Å². The van der Waals surface area contributed by atoms with Gasteiger partial charge in [-0.3, -0.25) is 9.59 Å². The Kier molecular flexibility index (Phi) is 9.53. The van der Waals surface area contributed by atoms with Crippen LogP contribution in [0.5, 0.6) is 5.75 Å². The summed E-state index contributed by atoms with van der Waals surface area (Å²) in [5, 5.41) is 15.1. The van der Waals surface area contributed by atoms with Gasteiger partial charge >= 0.3 is 5.97 Å². The molecular weight excluding hydrogens is 476 g/mol. The maximum atomic E-state index is 13.2. The zero-order chi connectivity index (χ0) is 26.1. The zero-order valence-corrected chi connectivity index (χ0v) is 21.4. The van der Waals surface area contributed by atoms with Crippen LogP contribution in [0.25, 0.3) is 11.1 Å². The molecule has 188 valence electrons. The molecule has 0 heterocycles. The fraction of sp³-hybridized carbons (Fsp3) is 0.250. The van der Waals surface area contributed by atoms with Crippen LogP contribution in [0.2, 0.25) is 0 Å². The summed E-state index contributed by atoms with van der Waals surface area (Å²) in [6.07, 6.45) is 2.39. The van der Waals surface area contributed by atoms with Gasteiger partial charge in [-0.05, 0) is 77.9 Å². The number of nitrogens with one attached hydrogen (secondary N) is 2. The van der Waals surface area contributed by atoms with Crippen LogP contribution in [0.15, 0.2) is 66.7 Å². The molecule has 3 rings (SSSR count). The number of rotatable bonds is 11. The van der Waals surface area contributed by atoms with Gasteiger partial charge in [0.05, 0.1) is 13.5 Å². The highest BCUT2D eigenvalue weighted by molar-refractivity contribution is 7.98. The second-order valence-electron chi connectivity index (χ2n) is 8.29. The molecule has 8 heteroatoms. The minimum Gasteiger partial charge on any atom is -0.497 e. The SMILES string of the molecule is COc1ccc(CC(=O)Nc2ccc(C(=O)NC(CCSC)C(=O)O)c(-c3ccccc3C)c2)cc1. The van der Waals surface area contributed by atoms with Gasteiger partial charge in [-0.15, -0.1) is 0 Å². The Hall–Kier alpha value is -3.78. The first-order valence-corrected chi connectivity index (χ1v) is 12.9. The lowest BCUT2D eigenvalue weighted by Gasteiger charge is -2.18. The second kappa shape index (κ2) is 12.8. The van der Waals surface area contributed by atoms with Gasteiger partial charge in [0.2, 0.25) is 5.91 Å². The van der Waals surface area contributed by atoms with E-state index in [4.69, 9.17) is 4.74 Å². The van der Waals surface area contributed by atoms with Crippen molar-refractivity contribution in [2.75, 3.05) is 24.4 Å². The summed E-state index contributed by atoms with van der Waals surface area (Å²) < 4.78 is 5.15. The first-order chi connectivity index (χ1) is 17.3. The van der Waals surface area contributed by atoms with E-state index in [1.54, 1.807) is 37.4 Å². The Labute approximate surface area is 215 Å². The molecule has 2 amide bonds. The molecule has 3 N–H and O–H groups in total. The van der Waals surface area contributed by atoms with E-state index in [2.05, 4.69) is 10.6 Å². The summed E-state index contributed by atoms with van der Waals surface area (Å²) >= 11 is 1.52. The molecule has 0 saturated heterocycles. The summed E-state index contributed by atoms with van der Waals surface area (Å²) in [5.41, 5.74) is 4.11. The smallest absolute Gasteiger partial charge is 0.326 e. The summed E-state index contributed by atoms with van der Waals surface area (Å²) in [6, 6.07) is 18.9. The molecule has 3 aromatic carbocycles. The average Bonchev–Trinajstić information content (AvgIpc) is 2.87. The van der Waals surface area contributed by atoms with E-state index in [-0.39, 0.29) is 12.3 Å². The number of carboxylic acid groups (broad SMARTS) is 1. The second-order valence-corrected chi connectivity index (χ2v) is 9.28. The lowest BCUT2D eigenvalue weighted by atomic mass is 9.94. The standard InChI is InChI=1S/C28H30N2O5S/c1-18-6-4-5-7-22(18)24-17-20(29-26(31)16-19-8-11-21(35-2)12-9-19)10-13-23(24)27(32)30-25(28(33)34)14-15-36-3/h4-13,17,25H,14-16H2,1-3H3,(H,29,31)(H,30,32)(H,33,34). The third-order valence-electron chi connectivity index (χ3n) is 5.72. The van der Waals surface area contributed by atoms with Crippen LogP contribution in [0.4, 0.5) is 5.69 Å². The van der Waals surface area contributed by atoms with Crippen LogP contribution in [0.1, 0.15) is 27.9 Å². The number of hydrogen-bond acceptors (Lipinski definition) is 5. The monoisotopic (exact) mass is 506 g/mol. The van der Waals surface area contributed by atoms with Gasteiger partial charge in [-0.1, -0.05) is 36.4 Å². The van der Waals surface area contributed by atoms with Crippen molar-refractivity contribution in [2.24, 2.45) is 0 Å². The van der Waals surface area contributed by atoms with E-state index >= 15 is 0 Å². The number of carbonyl (C=O) groups excluding carboxylic acids is 2. The number of hydrogen-bond donors (Lipinski definition) is 3. The van der Waals surface area contributed by atoms with Crippen LogP contribution in [0.3, 0.4) is 0 Å². The maximum absolute atomic E-state index is 13.2. The van der Waals surface area contributed by atoms with E-state index < -0.39 is 17.9 Å². The van der Waals surface area contributed by atoms with Crippen LogP contribution in [-0.4, -0.2) is 48.1 Å². The van der Waals surface area contributed by atoms with Crippen molar-refractivity contribution in [2.45, 2.75) is 25.8 Å². The number of thioether (sulfide) groups is 1. The topological polar surface area (TPSA) is 105 Å². The lowest BCUT2D eigenvalue weighted by molar-refractivity contribution is -0.139. The summed E-state index contributed by atoms with van der Waals surface area (Å²) in [5.74, 6) is -0.415. The largest absolute Gasteiger partial charge is 0.497 e. The molecule has 0 aliphatic carbocycles. The van der Waals surface area contributed by atoms with E-state index in [0.29, 0.717) is 29.0 Å². The fourth-order valence-corrected chi connectivity index (χ4v) is 4.25. The predicted molar refractivity (Wildman–Crippen MR) is 144 cm³/mol. The Bertz CT molecular complexity index is 1230. The molecule has 0 aromatic heterocycles. The van der Waals surface area contributed by atoms with Crippen molar-refractivity contribution in [3.8, 4) is 16.9 Å². The number of aliphatic carboxylic acids is 1. The van der Waals surface area contributed by atoms with E-state index in [0.717, 1.165) is 22.4 Å². The van der Waals surface area contributed by atoms with Crippen molar-refractivity contribution in [1.82, 2.24) is 5.32 Å². The molecule has 0 aliphatic rings. The van der Waals surface area contributed by atoms with Gasteiger partial charge in [-0.2, -0.15) is 11.8 Å². The molecular formula is C28H30N2O5S. The third-order valence-corrected chi connectivity index (χ3v) is 6.36. The molecule has 36 heavy (non-hydrogen) atoms. The number of aryl methyl sites for hydroxylation is 1. The van der Waals surface area contributed by atoms with Crippen molar-refractivity contribution >= 4 is 35.2 Å². The molecule has 0 aliphatic heterocycles. The van der Waals surface area contributed by atoms with Crippen molar-refractivity contribution in [3.63, 3.8) is 0 Å². The lowest BCUT2D eigenvalue weighted by Crippen LogP contribution is -2.41. The first-order valence-electron chi connectivity index (χ1n) is 11.5. The van der Waals surface area contributed by atoms with E-state index in [1.807, 2.05) is 49.6 Å². The Morgan fingerprint density at radius 1 is 1.00 bits per heavy atom. The van der Waals surface area contributed by atoms with Crippen LogP contribution in [0, 0.1) is 6.92 Å². The molecule has 7 nitrogen and oxygen atoms in total. The minimum atomic E-state index is -1.07. The molecule has 3 aromatic rings. The third kappa shape index (κ3) is 7.11. The first kappa shape index (κ1) is 26.8. The number of amides is 2. The number of methoxy groups -OCH3 is 1. The van der Waals surface area contributed by atoms with Crippen molar-refractivity contribution < 1.29 is 24.2 Å². The number of benzene rings is 3. The van der Waals surface area contributed by atoms with Gasteiger partial charge in [-0.25, -0.2) is 4.79 Å². The molecule has 1 unspecified atom stereocenters. The Balaban J connectivity index is 1.87. The number of anilines is 1. The molecule has 1 atom stereocenters. The number of carboxylic acids is 1. The minimum absolute atomic E-state index is 0.182.